The molecule has 2 bridgehead atoms. The Morgan fingerprint density at radius 2 is 1.57 bits per heavy atom. The molecule has 2 aromatic heterocycles. The second-order valence-electron chi connectivity index (χ2n) is 15.6. The number of aryl methyl sites for hydroxylation is 1. The molecule has 7 rings (SSSR count). The summed E-state index contributed by atoms with van der Waals surface area (Å²) in [6.07, 6.45) is 4.71. The zero-order valence-corrected chi connectivity index (χ0v) is 36.3. The number of benzene rings is 3. The number of nitrogens with zero attached hydrogens (tertiary/aromatic N) is 6. The van der Waals surface area contributed by atoms with E-state index in [9.17, 15) is 14.9 Å². The van der Waals surface area contributed by atoms with Gasteiger partial charge in [0.05, 0.1) is 52.7 Å². The average Bonchev–Trinajstić information content (AvgIpc) is 3.74. The fourth-order valence-electron chi connectivity index (χ4n) is 8.36. The number of methoxy groups -OCH3 is 2. The number of fused-ring (bicyclic) bond motifs is 2. The quantitative estimate of drug-likeness (QED) is 0.0579. The van der Waals surface area contributed by atoms with E-state index < -0.39 is 49.4 Å². The first-order valence-electron chi connectivity index (χ1n) is 20.2. The summed E-state index contributed by atoms with van der Waals surface area (Å²) in [5.74, 6) is 1.89. The third-order valence-electron chi connectivity index (χ3n) is 11.1. The number of ether oxygens (including phenoxy) is 4. The maximum absolute atomic E-state index is 13.8. The van der Waals surface area contributed by atoms with Crippen molar-refractivity contribution in [3.05, 3.63) is 147 Å². The monoisotopic (exact) mass is 849 g/mol. The summed E-state index contributed by atoms with van der Waals surface area (Å²) in [7, 11) is 1.41. The lowest BCUT2D eigenvalue weighted by atomic mass is 9.79. The van der Waals surface area contributed by atoms with Gasteiger partial charge in [-0.2, -0.15) is 5.26 Å². The Labute approximate surface area is 356 Å². The van der Waals surface area contributed by atoms with Gasteiger partial charge in [0.2, 0.25) is 0 Å². The average molecular weight is 850 g/mol. The van der Waals surface area contributed by atoms with Gasteiger partial charge in [-0.25, -0.2) is 14.4 Å². The van der Waals surface area contributed by atoms with Crippen LogP contribution in [0, 0.1) is 18.3 Å². The molecule has 3 aromatic carbocycles. The predicted molar refractivity (Wildman–Crippen MR) is 230 cm³/mol. The van der Waals surface area contributed by atoms with Crippen molar-refractivity contribution in [2.75, 3.05) is 38.9 Å². The Hall–Kier alpha value is -5.46. The van der Waals surface area contributed by atoms with Crippen LogP contribution in [0.3, 0.4) is 0 Å². The molecule has 5 aromatic rings. The van der Waals surface area contributed by atoms with E-state index in [1.54, 1.807) is 39.7 Å². The lowest BCUT2D eigenvalue weighted by Gasteiger charge is -2.42. The Balaban J connectivity index is 1.44. The highest BCUT2D eigenvalue weighted by molar-refractivity contribution is 7.44. The van der Waals surface area contributed by atoms with E-state index in [1.807, 2.05) is 83.8 Å². The summed E-state index contributed by atoms with van der Waals surface area (Å²) in [5.41, 5.74) is -0.889. The van der Waals surface area contributed by atoms with Crippen LogP contribution in [0.1, 0.15) is 62.6 Å². The van der Waals surface area contributed by atoms with E-state index in [0.717, 1.165) is 16.7 Å². The maximum Gasteiger partial charge on any atom is 0.330 e. The highest BCUT2D eigenvalue weighted by Gasteiger charge is 2.67. The first kappa shape index (κ1) is 43.6. The van der Waals surface area contributed by atoms with Crippen molar-refractivity contribution >= 4 is 14.3 Å². The molecule has 5 atom stereocenters. The highest BCUT2D eigenvalue weighted by atomic mass is 31.2. The molecule has 0 spiro atoms. The van der Waals surface area contributed by atoms with Gasteiger partial charge in [0.15, 0.2) is 6.23 Å². The molecule has 0 amide bonds. The number of aromatic amines is 1. The second kappa shape index (κ2) is 18.7. The smallest absolute Gasteiger partial charge is 0.330 e. The Bertz CT molecular complexity index is 2340. The number of morpholine rings is 1. The van der Waals surface area contributed by atoms with E-state index in [2.05, 4.69) is 48.4 Å². The molecule has 2 aliphatic heterocycles. The van der Waals surface area contributed by atoms with Gasteiger partial charge >= 0.3 is 5.69 Å². The van der Waals surface area contributed by atoms with Crippen LogP contribution in [0.4, 0.5) is 5.82 Å². The van der Waals surface area contributed by atoms with Crippen molar-refractivity contribution in [2.24, 2.45) is 0 Å². The molecule has 0 saturated carbocycles. The van der Waals surface area contributed by atoms with Crippen LogP contribution in [0.25, 0.3) is 0 Å². The molecule has 4 heterocycles. The first-order chi connectivity index (χ1) is 29.5. The van der Waals surface area contributed by atoms with Crippen molar-refractivity contribution in [1.29, 1.82) is 5.26 Å². The van der Waals surface area contributed by atoms with Crippen LogP contribution in [-0.4, -0.2) is 88.0 Å². The largest absolute Gasteiger partial charge is 0.497 e. The first-order valence-corrected chi connectivity index (χ1v) is 21.4. The van der Waals surface area contributed by atoms with Crippen LogP contribution >= 0.6 is 8.53 Å². The number of hydrogen-bond donors (Lipinski definition) is 1. The minimum Gasteiger partial charge on any atom is -0.497 e. The van der Waals surface area contributed by atoms with Crippen LogP contribution in [0.15, 0.2) is 113 Å². The topological polar surface area (TPSA) is 166 Å². The summed E-state index contributed by atoms with van der Waals surface area (Å²) < 4.78 is 43.3. The number of hydrogen-bond acceptors (Lipinski definition) is 13. The molecule has 1 N–H and O–H groups in total. The number of H-pyrrole nitrogens is 1. The summed E-state index contributed by atoms with van der Waals surface area (Å²) in [6.45, 7) is 10.2. The fraction of sp³-hybridized carbons (Fsp3) is 0.400. The van der Waals surface area contributed by atoms with Crippen molar-refractivity contribution < 1.29 is 28.0 Å². The summed E-state index contributed by atoms with van der Waals surface area (Å²) in [4.78, 5) is 40.1. The van der Waals surface area contributed by atoms with E-state index in [1.165, 1.54) is 10.8 Å². The zero-order chi connectivity index (χ0) is 43.3. The molecular weight excluding hydrogens is 798 g/mol. The van der Waals surface area contributed by atoms with Crippen molar-refractivity contribution in [3.63, 3.8) is 0 Å². The minimum atomic E-state index is -1.84. The normalized spacial score (nSPS) is 20.3. The van der Waals surface area contributed by atoms with Gasteiger partial charge in [0.1, 0.15) is 40.7 Å². The summed E-state index contributed by atoms with van der Waals surface area (Å²) in [6, 6.07) is 26.9. The summed E-state index contributed by atoms with van der Waals surface area (Å²) >= 11 is 0. The number of nitrogens with one attached hydrogen (secondary N) is 1. The molecule has 0 aliphatic carbocycles. The number of anilines is 1. The van der Waals surface area contributed by atoms with Crippen molar-refractivity contribution in [3.8, 4) is 17.6 Å². The number of nitriles is 1. The Morgan fingerprint density at radius 1 is 0.951 bits per heavy atom. The van der Waals surface area contributed by atoms with E-state index in [-0.39, 0.29) is 38.3 Å². The second-order valence-corrected chi connectivity index (χ2v) is 17.0. The van der Waals surface area contributed by atoms with Gasteiger partial charge in [-0.3, -0.25) is 19.3 Å². The molecule has 16 heteroatoms. The predicted octanol–water partition coefficient (Wildman–Crippen LogP) is 6.48. The molecule has 320 valence electrons. The number of aromatic nitrogens is 4. The fourth-order valence-corrected chi connectivity index (χ4v) is 10.2. The van der Waals surface area contributed by atoms with Crippen LogP contribution in [-0.2, 0) is 24.1 Å². The van der Waals surface area contributed by atoms with Gasteiger partial charge in [-0.05, 0) is 75.6 Å². The van der Waals surface area contributed by atoms with Crippen LogP contribution in [0.2, 0.25) is 0 Å². The standard InChI is InChI=1S/C45H52N7O8P/c1-30(2)52(31(3)4)61(58-25-11-22-46)60-40-39-42(50-27-32(5)41(53)49-43(50)54)59-44(40,28-51(39)38-26-47-23-24-48-38)29-57-45(33-12-9-8-10-13-33,34-14-18-36(55-6)19-15-34)35-16-20-37(56-7)21-17-35/h8-10,12-21,23-24,26-27,30-31,39-40,42H,11,25,28-29H2,1-7H3,(H,49,53,54)/t39-,40+,42-,44-,61?/m1/s1. The van der Waals surface area contributed by atoms with Gasteiger partial charge < -0.3 is 32.9 Å². The van der Waals surface area contributed by atoms with Crippen molar-refractivity contribution in [2.45, 2.75) is 82.7 Å². The zero-order valence-electron chi connectivity index (χ0n) is 35.4. The van der Waals surface area contributed by atoms with Gasteiger partial charge in [-0.15, -0.1) is 0 Å². The third kappa shape index (κ3) is 8.57. The van der Waals surface area contributed by atoms with E-state index in [4.69, 9.17) is 33.0 Å². The lowest BCUT2D eigenvalue weighted by Crippen LogP contribution is -2.52. The molecule has 15 nitrogen and oxygen atoms in total. The van der Waals surface area contributed by atoms with Crippen LogP contribution in [0.5, 0.6) is 11.5 Å². The minimum absolute atomic E-state index is 0.00685. The molecule has 2 aliphatic rings. The molecule has 1 unspecified atom stereocenters. The van der Waals surface area contributed by atoms with Crippen molar-refractivity contribution in [1.82, 2.24) is 24.2 Å². The maximum atomic E-state index is 13.8. The van der Waals surface area contributed by atoms with Gasteiger partial charge in [0.25, 0.3) is 14.1 Å². The highest BCUT2D eigenvalue weighted by Crippen LogP contribution is 2.57. The van der Waals surface area contributed by atoms with Gasteiger partial charge in [-0.1, -0.05) is 54.6 Å². The number of rotatable bonds is 18. The lowest BCUT2D eigenvalue weighted by molar-refractivity contribution is -0.157. The molecule has 0 radical (unpaired) electrons. The van der Waals surface area contributed by atoms with E-state index >= 15 is 0 Å². The SMILES string of the molecule is COc1ccc(C(OC[C@@]23CN(c4cnccn4)[C@@H]([C@H](n4cc(C)c(=O)[nH]c4=O)O2)[C@@H]3OP(OCCC#N)N(C(C)C)C(C)C)(c2ccccc2)c2ccc(OC)cc2)cc1. The molecule has 2 fully saturated rings. The van der Waals surface area contributed by atoms with E-state index in [0.29, 0.717) is 22.9 Å². The van der Waals surface area contributed by atoms with Crippen LogP contribution < -0.4 is 25.6 Å². The van der Waals surface area contributed by atoms with Gasteiger partial charge in [0, 0.05) is 36.2 Å². The Kier molecular flexibility index (Phi) is 13.3. The molecular formula is C45H52N7O8P. The third-order valence-corrected chi connectivity index (χ3v) is 13.2. The molecule has 61 heavy (non-hydrogen) atoms. The Morgan fingerprint density at radius 3 is 2.13 bits per heavy atom. The summed E-state index contributed by atoms with van der Waals surface area (Å²) in [5, 5.41) is 9.53. The molecule has 2 saturated heterocycles.